The zero-order valence-corrected chi connectivity index (χ0v) is 21.2. The summed E-state index contributed by atoms with van der Waals surface area (Å²) in [6.07, 6.45) is 2.45. The standard InChI is InChI=1S/C27H33BN2O5/c1-6-32-25(31)15-18-9-7-8-10-24(18)33-17-22-21-16-19(28-34-26(2,3)27(4,5)35-28)11-14-23(21)30(29-22)20-12-13-20/h7-11,14,16,20H,6,12-13,15,17H2,1-5H3. The Morgan fingerprint density at radius 1 is 1.11 bits per heavy atom. The lowest BCUT2D eigenvalue weighted by Gasteiger charge is -2.32. The minimum atomic E-state index is -0.437. The van der Waals surface area contributed by atoms with Gasteiger partial charge in [-0.05, 0) is 65.1 Å². The quantitative estimate of drug-likeness (QED) is 0.356. The fourth-order valence-corrected chi connectivity index (χ4v) is 4.36. The van der Waals surface area contributed by atoms with Crippen molar-refractivity contribution in [3.05, 3.63) is 53.7 Å². The highest BCUT2D eigenvalue weighted by atomic mass is 16.7. The molecule has 3 aromatic rings. The number of fused-ring (bicyclic) bond motifs is 1. The summed E-state index contributed by atoms with van der Waals surface area (Å²) in [6.45, 7) is 10.7. The molecule has 5 rings (SSSR count). The number of ether oxygens (including phenoxy) is 2. The van der Waals surface area contributed by atoms with Gasteiger partial charge in [0, 0.05) is 10.9 Å². The van der Waals surface area contributed by atoms with Crippen LogP contribution in [0.1, 0.15) is 64.8 Å². The Hall–Kier alpha value is -2.84. The molecule has 8 heteroatoms. The van der Waals surface area contributed by atoms with E-state index >= 15 is 0 Å². The average molecular weight is 476 g/mol. The first-order valence-corrected chi connectivity index (χ1v) is 12.4. The Kier molecular flexibility index (Phi) is 6.13. The van der Waals surface area contributed by atoms with Crippen LogP contribution in [0.5, 0.6) is 5.75 Å². The Morgan fingerprint density at radius 2 is 1.83 bits per heavy atom. The van der Waals surface area contributed by atoms with Crippen LogP contribution in [0.3, 0.4) is 0 Å². The molecule has 0 spiro atoms. The summed E-state index contributed by atoms with van der Waals surface area (Å²) in [5.74, 6) is 0.399. The topological polar surface area (TPSA) is 71.8 Å². The van der Waals surface area contributed by atoms with Gasteiger partial charge in [-0.25, -0.2) is 0 Å². The van der Waals surface area contributed by atoms with Crippen LogP contribution in [0.25, 0.3) is 10.9 Å². The molecule has 184 valence electrons. The first-order valence-electron chi connectivity index (χ1n) is 12.4. The molecule has 1 aromatic heterocycles. The van der Waals surface area contributed by atoms with Crippen LogP contribution in [0, 0.1) is 0 Å². The third-order valence-corrected chi connectivity index (χ3v) is 7.20. The van der Waals surface area contributed by atoms with Crippen LogP contribution in [-0.4, -0.2) is 40.7 Å². The van der Waals surface area contributed by atoms with Gasteiger partial charge in [-0.1, -0.05) is 30.3 Å². The monoisotopic (exact) mass is 476 g/mol. The number of carbonyl (C=O) groups excluding carboxylic acids is 1. The van der Waals surface area contributed by atoms with E-state index in [4.69, 9.17) is 23.9 Å². The average Bonchev–Trinajstić information content (AvgIpc) is 3.54. The molecule has 2 heterocycles. The van der Waals surface area contributed by atoms with Crippen molar-refractivity contribution >= 4 is 29.5 Å². The summed E-state index contributed by atoms with van der Waals surface area (Å²) in [4.78, 5) is 12.0. The summed E-state index contributed by atoms with van der Waals surface area (Å²) < 4.78 is 26.0. The summed E-state index contributed by atoms with van der Waals surface area (Å²) in [6, 6.07) is 14.3. The van der Waals surface area contributed by atoms with Gasteiger partial charge in [-0.15, -0.1) is 0 Å². The van der Waals surface area contributed by atoms with Gasteiger partial charge in [0.05, 0.1) is 35.8 Å². The van der Waals surface area contributed by atoms with Crippen LogP contribution in [-0.2, 0) is 31.9 Å². The van der Waals surface area contributed by atoms with Crippen molar-refractivity contribution in [1.29, 1.82) is 0 Å². The van der Waals surface area contributed by atoms with E-state index in [9.17, 15) is 4.79 Å². The third-order valence-electron chi connectivity index (χ3n) is 7.20. The molecule has 0 unspecified atom stereocenters. The van der Waals surface area contributed by atoms with Crippen LogP contribution >= 0.6 is 0 Å². The Bertz CT molecular complexity index is 1230. The van der Waals surface area contributed by atoms with Gasteiger partial charge in [-0.2, -0.15) is 5.10 Å². The van der Waals surface area contributed by atoms with E-state index < -0.39 is 18.3 Å². The number of esters is 1. The van der Waals surface area contributed by atoms with Crippen molar-refractivity contribution in [1.82, 2.24) is 9.78 Å². The number of carbonyl (C=O) groups is 1. The number of para-hydroxylation sites is 1. The fraction of sp³-hybridized carbons (Fsp3) is 0.481. The molecular weight excluding hydrogens is 443 g/mol. The van der Waals surface area contributed by atoms with Crippen molar-refractivity contribution in [2.75, 3.05) is 6.61 Å². The van der Waals surface area contributed by atoms with E-state index in [0.29, 0.717) is 25.0 Å². The van der Waals surface area contributed by atoms with Gasteiger partial charge in [0.1, 0.15) is 18.1 Å². The van der Waals surface area contributed by atoms with E-state index in [2.05, 4.69) is 50.6 Å². The summed E-state index contributed by atoms with van der Waals surface area (Å²) in [7, 11) is -0.437. The molecule has 35 heavy (non-hydrogen) atoms. The maximum atomic E-state index is 12.0. The van der Waals surface area contributed by atoms with Gasteiger partial charge in [0.15, 0.2) is 0 Å². The van der Waals surface area contributed by atoms with E-state index in [-0.39, 0.29) is 12.4 Å². The van der Waals surface area contributed by atoms with Crippen molar-refractivity contribution < 1.29 is 23.6 Å². The third kappa shape index (κ3) is 4.69. The summed E-state index contributed by atoms with van der Waals surface area (Å²) in [5.41, 5.74) is 2.91. The summed E-state index contributed by atoms with van der Waals surface area (Å²) in [5, 5.41) is 5.96. The molecule has 1 saturated heterocycles. The molecule has 2 fully saturated rings. The molecule has 0 amide bonds. The largest absolute Gasteiger partial charge is 0.494 e. The first kappa shape index (κ1) is 23.9. The second-order valence-electron chi connectivity index (χ2n) is 10.4. The lowest BCUT2D eigenvalue weighted by molar-refractivity contribution is -0.142. The minimum absolute atomic E-state index is 0.174. The lowest BCUT2D eigenvalue weighted by atomic mass is 9.78. The number of rotatable bonds is 8. The number of aromatic nitrogens is 2. The number of hydrogen-bond acceptors (Lipinski definition) is 6. The molecule has 1 aliphatic carbocycles. The first-order chi connectivity index (χ1) is 16.7. The van der Waals surface area contributed by atoms with Gasteiger partial charge >= 0.3 is 13.1 Å². The van der Waals surface area contributed by atoms with Gasteiger partial charge in [-0.3, -0.25) is 9.48 Å². The van der Waals surface area contributed by atoms with Gasteiger partial charge in [0.25, 0.3) is 0 Å². The van der Waals surface area contributed by atoms with Crippen LogP contribution in [0.15, 0.2) is 42.5 Å². The van der Waals surface area contributed by atoms with Crippen LogP contribution in [0.4, 0.5) is 0 Å². The molecule has 0 radical (unpaired) electrons. The highest BCUT2D eigenvalue weighted by molar-refractivity contribution is 6.62. The summed E-state index contributed by atoms with van der Waals surface area (Å²) >= 11 is 0. The van der Waals surface area contributed by atoms with E-state index in [1.54, 1.807) is 6.92 Å². The number of nitrogens with zero attached hydrogens (tertiary/aromatic N) is 2. The second kappa shape index (κ2) is 8.99. The Morgan fingerprint density at radius 3 is 2.51 bits per heavy atom. The highest BCUT2D eigenvalue weighted by Crippen LogP contribution is 2.39. The van der Waals surface area contributed by atoms with Crippen molar-refractivity contribution in [3.8, 4) is 5.75 Å². The maximum Gasteiger partial charge on any atom is 0.494 e. The molecule has 7 nitrogen and oxygen atoms in total. The zero-order valence-electron chi connectivity index (χ0n) is 21.2. The molecule has 1 saturated carbocycles. The molecular formula is C27H33BN2O5. The normalized spacial score (nSPS) is 18.7. The van der Waals surface area contributed by atoms with Crippen LogP contribution in [0.2, 0.25) is 0 Å². The van der Waals surface area contributed by atoms with Crippen LogP contribution < -0.4 is 10.2 Å². The molecule has 2 aromatic carbocycles. The van der Waals surface area contributed by atoms with E-state index in [1.165, 1.54) is 0 Å². The van der Waals surface area contributed by atoms with Gasteiger partial charge < -0.3 is 18.8 Å². The number of hydrogen-bond donors (Lipinski definition) is 0. The lowest BCUT2D eigenvalue weighted by Crippen LogP contribution is -2.41. The fourth-order valence-electron chi connectivity index (χ4n) is 4.36. The maximum absolute atomic E-state index is 12.0. The number of benzene rings is 2. The highest BCUT2D eigenvalue weighted by Gasteiger charge is 2.51. The smallest absolute Gasteiger partial charge is 0.487 e. The van der Waals surface area contributed by atoms with Crippen molar-refractivity contribution in [2.45, 2.75) is 77.7 Å². The Labute approximate surface area is 206 Å². The van der Waals surface area contributed by atoms with Crippen molar-refractivity contribution in [2.24, 2.45) is 0 Å². The second-order valence-corrected chi connectivity index (χ2v) is 10.4. The molecule has 0 atom stereocenters. The zero-order chi connectivity index (χ0) is 24.8. The Balaban J connectivity index is 1.43. The molecule has 1 aliphatic heterocycles. The SMILES string of the molecule is CCOC(=O)Cc1ccccc1OCc1nn(C2CC2)c2ccc(B3OC(C)(C)C(C)(C)O3)cc12. The molecule has 0 bridgehead atoms. The van der Waals surface area contributed by atoms with E-state index in [0.717, 1.165) is 40.5 Å². The predicted molar refractivity (Wildman–Crippen MR) is 135 cm³/mol. The minimum Gasteiger partial charge on any atom is -0.487 e. The molecule has 0 N–H and O–H groups in total. The molecule has 2 aliphatic rings. The van der Waals surface area contributed by atoms with Gasteiger partial charge in [0.2, 0.25) is 0 Å². The van der Waals surface area contributed by atoms with Crippen molar-refractivity contribution in [3.63, 3.8) is 0 Å². The predicted octanol–water partition coefficient (Wildman–Crippen LogP) is 4.36. The van der Waals surface area contributed by atoms with E-state index in [1.807, 2.05) is 24.3 Å².